The maximum absolute atomic E-state index is 12.3. The lowest BCUT2D eigenvalue weighted by molar-refractivity contribution is -0.122. The van der Waals surface area contributed by atoms with E-state index in [-0.39, 0.29) is 11.3 Å². The van der Waals surface area contributed by atoms with E-state index in [0.717, 1.165) is 29.0 Å². The van der Waals surface area contributed by atoms with Gasteiger partial charge in [-0.25, -0.2) is 0 Å². The molecule has 0 aromatic heterocycles. The van der Waals surface area contributed by atoms with E-state index in [0.29, 0.717) is 6.54 Å². The highest BCUT2D eigenvalue weighted by Gasteiger charge is 2.44. The van der Waals surface area contributed by atoms with Gasteiger partial charge in [0, 0.05) is 17.0 Å². The summed E-state index contributed by atoms with van der Waals surface area (Å²) in [6, 6.07) is 15.0. The molecule has 23 heavy (non-hydrogen) atoms. The van der Waals surface area contributed by atoms with Gasteiger partial charge in [0.1, 0.15) is 6.04 Å². The minimum absolute atomic E-state index is 0.0214. The molecule has 0 heterocycles. The normalized spacial score (nSPS) is 16.7. The number of aryl methyl sites for hydroxylation is 1. The maximum atomic E-state index is 12.3. The van der Waals surface area contributed by atoms with Crippen LogP contribution in [0.5, 0.6) is 0 Å². The van der Waals surface area contributed by atoms with Crippen LogP contribution in [-0.2, 0) is 10.2 Å². The molecule has 0 aliphatic heterocycles. The molecule has 0 bridgehead atoms. The largest absolute Gasteiger partial charge is 0.354 e. The highest BCUT2D eigenvalue weighted by Crippen LogP contribution is 2.48. The molecule has 4 heteroatoms. The van der Waals surface area contributed by atoms with Gasteiger partial charge in [-0.2, -0.15) is 0 Å². The van der Waals surface area contributed by atoms with Crippen LogP contribution in [0.25, 0.3) is 0 Å². The number of rotatable bonds is 5. The lowest BCUT2D eigenvalue weighted by Gasteiger charge is -2.19. The quantitative estimate of drug-likeness (QED) is 0.882. The van der Waals surface area contributed by atoms with Gasteiger partial charge in [-0.3, -0.25) is 4.79 Å². The first-order chi connectivity index (χ1) is 11.0. The Hall–Kier alpha value is -1.84. The van der Waals surface area contributed by atoms with Gasteiger partial charge in [-0.15, -0.1) is 0 Å². The zero-order valence-electron chi connectivity index (χ0n) is 13.2. The molecular weight excluding hydrogens is 308 g/mol. The number of hydrogen-bond donors (Lipinski definition) is 2. The Kier molecular flexibility index (Phi) is 4.42. The molecular formula is C19H21ClN2O. The van der Waals surface area contributed by atoms with Crippen molar-refractivity contribution in [2.45, 2.75) is 31.2 Å². The van der Waals surface area contributed by atoms with Crippen molar-refractivity contribution < 1.29 is 4.79 Å². The van der Waals surface area contributed by atoms with Crippen LogP contribution in [0.1, 0.15) is 35.6 Å². The molecule has 1 atom stereocenters. The van der Waals surface area contributed by atoms with Crippen LogP contribution in [0.2, 0.25) is 5.02 Å². The zero-order valence-corrected chi connectivity index (χ0v) is 13.9. The van der Waals surface area contributed by atoms with E-state index in [1.807, 2.05) is 49.4 Å². The van der Waals surface area contributed by atoms with Gasteiger partial charge >= 0.3 is 0 Å². The third-order valence-corrected chi connectivity index (χ3v) is 4.85. The van der Waals surface area contributed by atoms with E-state index in [9.17, 15) is 4.79 Å². The van der Waals surface area contributed by atoms with E-state index in [2.05, 4.69) is 11.4 Å². The predicted octanol–water partition coefficient (Wildman–Crippen LogP) is 3.50. The van der Waals surface area contributed by atoms with Crippen molar-refractivity contribution in [3.8, 4) is 0 Å². The summed E-state index contributed by atoms with van der Waals surface area (Å²) in [6.45, 7) is 2.61. The number of nitrogens with one attached hydrogen (secondary N) is 1. The Bertz CT molecular complexity index is 708. The number of halogens is 1. The van der Waals surface area contributed by atoms with Crippen molar-refractivity contribution in [1.29, 1.82) is 0 Å². The topological polar surface area (TPSA) is 55.1 Å². The van der Waals surface area contributed by atoms with E-state index in [4.69, 9.17) is 17.3 Å². The van der Waals surface area contributed by atoms with Gasteiger partial charge in [0.25, 0.3) is 0 Å². The summed E-state index contributed by atoms with van der Waals surface area (Å²) in [6.07, 6.45) is 2.13. The summed E-state index contributed by atoms with van der Waals surface area (Å²) in [5.41, 5.74) is 9.26. The minimum Gasteiger partial charge on any atom is -0.354 e. The molecule has 120 valence electrons. The zero-order chi connectivity index (χ0) is 16.4. The fourth-order valence-electron chi connectivity index (χ4n) is 2.83. The molecule has 3 nitrogen and oxygen atoms in total. The molecule has 0 saturated heterocycles. The number of carbonyl (C=O) groups excluding carboxylic acids is 1. The number of nitrogens with two attached hydrogens (primary N) is 1. The Labute approximate surface area is 141 Å². The number of amides is 1. The first kappa shape index (κ1) is 16.0. The molecule has 3 N–H and O–H groups in total. The molecule has 1 fully saturated rings. The number of carbonyl (C=O) groups is 1. The van der Waals surface area contributed by atoms with Crippen LogP contribution in [0.4, 0.5) is 0 Å². The summed E-state index contributed by atoms with van der Waals surface area (Å²) in [5, 5.41) is 3.74. The van der Waals surface area contributed by atoms with Gasteiger partial charge in [0.2, 0.25) is 5.91 Å². The minimum atomic E-state index is -0.634. The molecule has 3 rings (SSSR count). The Balaban J connectivity index is 1.64. The average molecular weight is 329 g/mol. The molecule has 2 aromatic rings. The van der Waals surface area contributed by atoms with Crippen molar-refractivity contribution in [2.24, 2.45) is 5.73 Å². The Morgan fingerprint density at radius 3 is 2.57 bits per heavy atom. The van der Waals surface area contributed by atoms with Crippen molar-refractivity contribution in [3.05, 3.63) is 70.2 Å². The first-order valence-electron chi connectivity index (χ1n) is 7.86. The van der Waals surface area contributed by atoms with Crippen LogP contribution >= 0.6 is 11.6 Å². The lowest BCUT2D eigenvalue weighted by atomic mass is 9.95. The van der Waals surface area contributed by atoms with E-state index in [1.54, 1.807) is 0 Å². The third kappa shape index (κ3) is 3.57. The second-order valence-electron chi connectivity index (χ2n) is 6.40. The standard InChI is InChI=1S/C19H21ClN2O/c1-13-5-7-14(8-6-13)17(21)18(23)22-12-19(9-10-19)15-3-2-4-16(20)11-15/h2-8,11,17H,9-10,12,21H2,1H3,(H,22,23). The van der Waals surface area contributed by atoms with Crippen LogP contribution in [0, 0.1) is 6.92 Å². The fourth-order valence-corrected chi connectivity index (χ4v) is 3.02. The van der Waals surface area contributed by atoms with Gasteiger partial charge < -0.3 is 11.1 Å². The molecule has 1 unspecified atom stereocenters. The second kappa shape index (κ2) is 6.34. The monoisotopic (exact) mass is 328 g/mol. The third-order valence-electron chi connectivity index (χ3n) is 4.61. The summed E-state index contributed by atoms with van der Waals surface area (Å²) in [7, 11) is 0. The molecule has 2 aromatic carbocycles. The second-order valence-corrected chi connectivity index (χ2v) is 6.83. The smallest absolute Gasteiger partial charge is 0.241 e. The SMILES string of the molecule is Cc1ccc(C(N)C(=O)NCC2(c3cccc(Cl)c3)CC2)cc1. The fraction of sp³-hybridized carbons (Fsp3) is 0.316. The first-order valence-corrected chi connectivity index (χ1v) is 8.24. The molecule has 1 saturated carbocycles. The summed E-state index contributed by atoms with van der Waals surface area (Å²) in [4.78, 5) is 12.3. The molecule has 1 aliphatic carbocycles. The van der Waals surface area contributed by atoms with Gasteiger partial charge in [0.05, 0.1) is 0 Å². The highest BCUT2D eigenvalue weighted by molar-refractivity contribution is 6.30. The highest BCUT2D eigenvalue weighted by atomic mass is 35.5. The summed E-state index contributed by atoms with van der Waals surface area (Å²) >= 11 is 6.08. The van der Waals surface area contributed by atoms with Crippen molar-refractivity contribution in [2.75, 3.05) is 6.54 Å². The molecule has 0 spiro atoms. The van der Waals surface area contributed by atoms with Gasteiger partial charge in [-0.05, 0) is 43.0 Å². The van der Waals surface area contributed by atoms with Crippen LogP contribution < -0.4 is 11.1 Å². The molecule has 1 amide bonds. The van der Waals surface area contributed by atoms with Gasteiger partial charge in [-0.1, -0.05) is 53.6 Å². The Morgan fingerprint density at radius 1 is 1.26 bits per heavy atom. The Morgan fingerprint density at radius 2 is 1.96 bits per heavy atom. The van der Waals surface area contributed by atoms with Crippen LogP contribution in [0.3, 0.4) is 0 Å². The summed E-state index contributed by atoms with van der Waals surface area (Å²) in [5.74, 6) is -0.137. The molecule has 1 aliphatic rings. The maximum Gasteiger partial charge on any atom is 0.241 e. The van der Waals surface area contributed by atoms with Crippen molar-refractivity contribution in [3.63, 3.8) is 0 Å². The van der Waals surface area contributed by atoms with Crippen molar-refractivity contribution in [1.82, 2.24) is 5.32 Å². The van der Waals surface area contributed by atoms with Crippen LogP contribution in [-0.4, -0.2) is 12.5 Å². The van der Waals surface area contributed by atoms with E-state index < -0.39 is 6.04 Å². The molecule has 0 radical (unpaired) electrons. The number of benzene rings is 2. The van der Waals surface area contributed by atoms with Crippen LogP contribution in [0.15, 0.2) is 48.5 Å². The summed E-state index contributed by atoms with van der Waals surface area (Å²) < 4.78 is 0. The average Bonchev–Trinajstić information content (AvgIpc) is 3.34. The lowest BCUT2D eigenvalue weighted by Crippen LogP contribution is -2.38. The van der Waals surface area contributed by atoms with Gasteiger partial charge in [0.15, 0.2) is 0 Å². The number of hydrogen-bond acceptors (Lipinski definition) is 2. The predicted molar refractivity (Wildman–Crippen MR) is 93.5 cm³/mol. The van der Waals surface area contributed by atoms with E-state index in [1.165, 1.54) is 5.56 Å². The van der Waals surface area contributed by atoms with E-state index >= 15 is 0 Å². The van der Waals surface area contributed by atoms with Crippen molar-refractivity contribution >= 4 is 17.5 Å².